The van der Waals surface area contributed by atoms with E-state index < -0.39 is 5.97 Å². The molecule has 1 N–H and O–H groups in total. The predicted molar refractivity (Wildman–Crippen MR) is 61.9 cm³/mol. The Morgan fingerprint density at radius 1 is 1.47 bits per heavy atom. The zero-order valence-electron chi connectivity index (χ0n) is 9.41. The van der Waals surface area contributed by atoms with Crippen molar-refractivity contribution in [3.05, 3.63) is 24.8 Å². The van der Waals surface area contributed by atoms with Crippen molar-refractivity contribution in [2.45, 2.75) is 12.8 Å². The van der Waals surface area contributed by atoms with Crippen molar-refractivity contribution < 1.29 is 9.90 Å². The maximum Gasteiger partial charge on any atom is 0.374 e. The number of hydrogen-bond acceptors (Lipinski definition) is 5. The molecule has 17 heavy (non-hydrogen) atoms. The maximum atomic E-state index is 10.7. The minimum atomic E-state index is -1.13. The number of anilines is 1. The third-order valence-electron chi connectivity index (χ3n) is 2.91. The van der Waals surface area contributed by atoms with Gasteiger partial charge in [0.15, 0.2) is 0 Å². The Morgan fingerprint density at radius 2 is 2.18 bits per heavy atom. The van der Waals surface area contributed by atoms with E-state index in [2.05, 4.69) is 21.5 Å². The molecule has 0 spiro atoms. The first-order chi connectivity index (χ1) is 8.20. The Bertz CT molecular complexity index is 427. The van der Waals surface area contributed by atoms with Crippen LogP contribution in [0.25, 0.3) is 0 Å². The molecule has 0 aromatic carbocycles. The number of carboxylic acid groups (broad SMARTS) is 1. The zero-order chi connectivity index (χ0) is 12.3. The lowest BCUT2D eigenvalue weighted by Gasteiger charge is -2.30. The van der Waals surface area contributed by atoms with Crippen molar-refractivity contribution in [3.8, 4) is 0 Å². The number of aromatic carboxylic acids is 1. The van der Waals surface area contributed by atoms with Crippen LogP contribution in [0.2, 0.25) is 0 Å². The predicted octanol–water partition coefficient (Wildman–Crippen LogP) is 0.972. The number of rotatable bonds is 3. The summed E-state index contributed by atoms with van der Waals surface area (Å²) in [6, 6.07) is 0. The highest BCUT2D eigenvalue weighted by Gasteiger charge is 2.20. The van der Waals surface area contributed by atoms with Crippen LogP contribution < -0.4 is 4.90 Å². The van der Waals surface area contributed by atoms with Gasteiger partial charge in [0.1, 0.15) is 6.33 Å². The van der Waals surface area contributed by atoms with Gasteiger partial charge in [-0.1, -0.05) is 6.08 Å². The molecule has 2 rings (SSSR count). The van der Waals surface area contributed by atoms with E-state index in [1.807, 2.05) is 11.0 Å². The third kappa shape index (κ3) is 2.58. The number of nitrogens with zero attached hydrogens (tertiary/aromatic N) is 4. The van der Waals surface area contributed by atoms with Crippen molar-refractivity contribution in [1.82, 2.24) is 15.0 Å². The number of piperidine rings is 1. The molecule has 1 aromatic heterocycles. The highest BCUT2D eigenvalue weighted by molar-refractivity contribution is 5.83. The standard InChI is InChI=1S/C11H14N4O2/c1-2-8-3-5-15(6-4-8)11-13-7-12-9(14-11)10(16)17/h2,7-8H,1,3-6H2,(H,16,17). The van der Waals surface area contributed by atoms with Gasteiger partial charge in [0.25, 0.3) is 0 Å². The van der Waals surface area contributed by atoms with E-state index in [1.54, 1.807) is 0 Å². The number of carbonyl (C=O) groups is 1. The summed E-state index contributed by atoms with van der Waals surface area (Å²) in [6.07, 6.45) is 5.20. The highest BCUT2D eigenvalue weighted by atomic mass is 16.4. The summed E-state index contributed by atoms with van der Waals surface area (Å²) >= 11 is 0. The Kier molecular flexibility index (Phi) is 3.32. The molecule has 0 amide bonds. The van der Waals surface area contributed by atoms with E-state index in [4.69, 9.17) is 5.11 Å². The van der Waals surface area contributed by atoms with Crippen molar-refractivity contribution in [3.63, 3.8) is 0 Å². The summed E-state index contributed by atoms with van der Waals surface area (Å²) < 4.78 is 0. The molecule has 1 aliphatic heterocycles. The van der Waals surface area contributed by atoms with Gasteiger partial charge in [-0.2, -0.15) is 4.98 Å². The molecule has 1 aliphatic rings. The number of allylic oxidation sites excluding steroid dienone is 1. The van der Waals surface area contributed by atoms with Crippen LogP contribution in [0, 0.1) is 5.92 Å². The molecule has 0 aliphatic carbocycles. The van der Waals surface area contributed by atoms with Crippen LogP contribution in [0.1, 0.15) is 23.5 Å². The van der Waals surface area contributed by atoms with Crippen molar-refractivity contribution >= 4 is 11.9 Å². The van der Waals surface area contributed by atoms with Crippen molar-refractivity contribution in [2.24, 2.45) is 5.92 Å². The summed E-state index contributed by atoms with van der Waals surface area (Å²) in [5, 5.41) is 8.80. The maximum absolute atomic E-state index is 10.7. The average Bonchev–Trinajstić information content (AvgIpc) is 2.39. The summed E-state index contributed by atoms with van der Waals surface area (Å²) in [5.74, 6) is -0.359. The second kappa shape index (κ2) is 4.90. The fourth-order valence-corrected chi connectivity index (χ4v) is 1.88. The average molecular weight is 234 g/mol. The van der Waals surface area contributed by atoms with E-state index in [9.17, 15) is 4.79 Å². The molecule has 0 radical (unpaired) electrons. The number of aromatic nitrogens is 3. The van der Waals surface area contributed by atoms with Crippen LogP contribution in [0.3, 0.4) is 0 Å². The summed E-state index contributed by atoms with van der Waals surface area (Å²) in [5.41, 5.74) is 0. The first kappa shape index (κ1) is 11.5. The highest BCUT2D eigenvalue weighted by Crippen LogP contribution is 2.20. The normalized spacial score (nSPS) is 16.8. The van der Waals surface area contributed by atoms with E-state index in [1.165, 1.54) is 6.33 Å². The lowest BCUT2D eigenvalue weighted by molar-refractivity contribution is 0.0683. The van der Waals surface area contributed by atoms with Crippen LogP contribution in [0.5, 0.6) is 0 Å². The van der Waals surface area contributed by atoms with Gasteiger partial charge in [-0.3, -0.25) is 0 Å². The van der Waals surface area contributed by atoms with Crippen LogP contribution in [0.15, 0.2) is 19.0 Å². The summed E-state index contributed by atoms with van der Waals surface area (Å²) in [4.78, 5) is 24.3. The van der Waals surface area contributed by atoms with Gasteiger partial charge in [-0.15, -0.1) is 6.58 Å². The quantitative estimate of drug-likeness (QED) is 0.785. The van der Waals surface area contributed by atoms with Gasteiger partial charge in [0.2, 0.25) is 11.8 Å². The minimum Gasteiger partial charge on any atom is -0.475 e. The van der Waals surface area contributed by atoms with Crippen LogP contribution >= 0.6 is 0 Å². The summed E-state index contributed by atoms with van der Waals surface area (Å²) in [7, 11) is 0. The molecule has 90 valence electrons. The molecule has 1 fully saturated rings. The van der Waals surface area contributed by atoms with Crippen molar-refractivity contribution in [2.75, 3.05) is 18.0 Å². The molecule has 1 saturated heterocycles. The Balaban J connectivity index is 2.10. The van der Waals surface area contributed by atoms with Gasteiger partial charge in [0.05, 0.1) is 0 Å². The molecule has 0 bridgehead atoms. The third-order valence-corrected chi connectivity index (χ3v) is 2.91. The van der Waals surface area contributed by atoms with E-state index in [0.29, 0.717) is 11.9 Å². The minimum absolute atomic E-state index is 0.208. The lowest BCUT2D eigenvalue weighted by atomic mass is 9.97. The number of hydrogen-bond donors (Lipinski definition) is 1. The first-order valence-electron chi connectivity index (χ1n) is 5.50. The molecule has 2 heterocycles. The fourth-order valence-electron chi connectivity index (χ4n) is 1.88. The molecular formula is C11H14N4O2. The topological polar surface area (TPSA) is 79.2 Å². The molecular weight excluding hydrogens is 220 g/mol. The van der Waals surface area contributed by atoms with Gasteiger partial charge in [-0.25, -0.2) is 14.8 Å². The SMILES string of the molecule is C=CC1CCN(c2ncnc(C(=O)O)n2)CC1. The Hall–Kier alpha value is -1.98. The Morgan fingerprint density at radius 3 is 2.76 bits per heavy atom. The van der Waals surface area contributed by atoms with Crippen LogP contribution in [-0.2, 0) is 0 Å². The summed E-state index contributed by atoms with van der Waals surface area (Å²) in [6.45, 7) is 5.42. The monoisotopic (exact) mass is 234 g/mol. The molecule has 1 aromatic rings. The van der Waals surface area contributed by atoms with Gasteiger partial charge >= 0.3 is 5.97 Å². The van der Waals surface area contributed by atoms with E-state index in [-0.39, 0.29) is 5.82 Å². The zero-order valence-corrected chi connectivity index (χ0v) is 9.41. The molecule has 0 saturated carbocycles. The fraction of sp³-hybridized carbons (Fsp3) is 0.455. The first-order valence-corrected chi connectivity index (χ1v) is 5.50. The second-order valence-electron chi connectivity index (χ2n) is 3.97. The van der Waals surface area contributed by atoms with Crippen LogP contribution in [-0.4, -0.2) is 39.1 Å². The van der Waals surface area contributed by atoms with Crippen molar-refractivity contribution in [1.29, 1.82) is 0 Å². The van der Waals surface area contributed by atoms with Crippen LogP contribution in [0.4, 0.5) is 5.95 Å². The van der Waals surface area contributed by atoms with Gasteiger partial charge in [-0.05, 0) is 18.8 Å². The Labute approximate surface area is 99.0 Å². The largest absolute Gasteiger partial charge is 0.475 e. The molecule has 0 atom stereocenters. The van der Waals surface area contributed by atoms with Gasteiger partial charge in [0, 0.05) is 13.1 Å². The van der Waals surface area contributed by atoms with Gasteiger partial charge < -0.3 is 10.0 Å². The molecule has 0 unspecified atom stereocenters. The van der Waals surface area contributed by atoms with E-state index in [0.717, 1.165) is 25.9 Å². The van der Waals surface area contributed by atoms with E-state index >= 15 is 0 Å². The molecule has 6 heteroatoms. The number of carboxylic acids is 1. The lowest BCUT2D eigenvalue weighted by Crippen LogP contribution is -2.34. The smallest absolute Gasteiger partial charge is 0.374 e. The second-order valence-corrected chi connectivity index (χ2v) is 3.97. The molecule has 6 nitrogen and oxygen atoms in total.